The van der Waals surface area contributed by atoms with E-state index in [0.29, 0.717) is 11.5 Å². The van der Waals surface area contributed by atoms with Crippen molar-refractivity contribution in [2.75, 3.05) is 13.7 Å². The van der Waals surface area contributed by atoms with Gasteiger partial charge in [-0.1, -0.05) is 13.8 Å². The molecule has 1 saturated carbocycles. The molecule has 1 aliphatic rings. The van der Waals surface area contributed by atoms with Crippen LogP contribution >= 0.6 is 0 Å². The van der Waals surface area contributed by atoms with Crippen molar-refractivity contribution in [3.63, 3.8) is 0 Å². The Labute approximate surface area is 94.6 Å². The molecule has 1 atom stereocenters. The van der Waals surface area contributed by atoms with E-state index in [2.05, 4.69) is 13.8 Å². The highest BCUT2D eigenvalue weighted by Crippen LogP contribution is 2.39. The lowest BCUT2D eigenvalue weighted by molar-refractivity contribution is 0.157. The second-order valence-electron chi connectivity index (χ2n) is 5.80. The maximum Gasteiger partial charge on any atom is 0.0462 e. The number of ether oxygens (including phenoxy) is 1. The van der Waals surface area contributed by atoms with Crippen molar-refractivity contribution in [1.29, 1.82) is 0 Å². The monoisotopic (exact) mass is 213 g/mol. The number of hydrogen-bond donors (Lipinski definition) is 1. The minimum atomic E-state index is 0.399. The Morgan fingerprint density at radius 1 is 1.33 bits per heavy atom. The van der Waals surface area contributed by atoms with Gasteiger partial charge >= 0.3 is 0 Å². The molecule has 1 unspecified atom stereocenters. The van der Waals surface area contributed by atoms with Crippen LogP contribution in [0.5, 0.6) is 0 Å². The summed E-state index contributed by atoms with van der Waals surface area (Å²) in [5, 5.41) is 0. The molecule has 0 aromatic rings. The molecule has 2 heteroatoms. The molecule has 0 amide bonds. The Morgan fingerprint density at radius 2 is 1.93 bits per heavy atom. The summed E-state index contributed by atoms with van der Waals surface area (Å²) in [6, 6.07) is 0.399. The lowest BCUT2D eigenvalue weighted by Gasteiger charge is -2.36. The summed E-state index contributed by atoms with van der Waals surface area (Å²) in [6.07, 6.45) is 7.56. The summed E-state index contributed by atoms with van der Waals surface area (Å²) in [4.78, 5) is 0. The molecule has 0 spiro atoms. The fraction of sp³-hybridized carbons (Fsp3) is 1.00. The summed E-state index contributed by atoms with van der Waals surface area (Å²) in [6.45, 7) is 5.60. The Balaban J connectivity index is 2.21. The van der Waals surface area contributed by atoms with Crippen LogP contribution < -0.4 is 5.73 Å². The van der Waals surface area contributed by atoms with Crippen LogP contribution in [0.3, 0.4) is 0 Å². The minimum Gasteiger partial charge on any atom is -0.385 e. The molecule has 0 aliphatic heterocycles. The van der Waals surface area contributed by atoms with Crippen LogP contribution in [0.4, 0.5) is 0 Å². The molecule has 2 nitrogen and oxygen atoms in total. The van der Waals surface area contributed by atoms with Crippen LogP contribution in [-0.2, 0) is 4.74 Å². The highest BCUT2D eigenvalue weighted by molar-refractivity contribution is 4.83. The third kappa shape index (κ3) is 4.52. The largest absolute Gasteiger partial charge is 0.385 e. The first-order chi connectivity index (χ1) is 7.05. The van der Waals surface area contributed by atoms with E-state index < -0.39 is 0 Å². The number of rotatable bonds is 5. The minimum absolute atomic E-state index is 0.399. The molecule has 2 N–H and O–H groups in total. The molecule has 0 radical (unpaired) electrons. The van der Waals surface area contributed by atoms with Gasteiger partial charge in [-0.3, -0.25) is 0 Å². The third-order valence-corrected chi connectivity index (χ3v) is 3.88. The normalized spacial score (nSPS) is 24.0. The Morgan fingerprint density at radius 3 is 2.47 bits per heavy atom. The zero-order chi connectivity index (χ0) is 11.3. The molecular formula is C13H27NO. The van der Waals surface area contributed by atoms with Gasteiger partial charge in [0.1, 0.15) is 0 Å². The second kappa shape index (κ2) is 5.86. The van der Waals surface area contributed by atoms with Crippen molar-refractivity contribution in [3.05, 3.63) is 0 Å². The van der Waals surface area contributed by atoms with E-state index in [4.69, 9.17) is 10.5 Å². The third-order valence-electron chi connectivity index (χ3n) is 3.88. The Hall–Kier alpha value is -0.0800. The molecule has 90 valence electrons. The maximum atomic E-state index is 6.22. The smallest absolute Gasteiger partial charge is 0.0462 e. The predicted molar refractivity (Wildman–Crippen MR) is 64.8 cm³/mol. The number of methoxy groups -OCH3 is 1. The van der Waals surface area contributed by atoms with Gasteiger partial charge in [0, 0.05) is 19.8 Å². The van der Waals surface area contributed by atoms with Crippen LogP contribution in [0, 0.1) is 11.3 Å². The van der Waals surface area contributed by atoms with E-state index in [0.717, 1.165) is 25.4 Å². The van der Waals surface area contributed by atoms with Gasteiger partial charge in [-0.25, -0.2) is 0 Å². The van der Waals surface area contributed by atoms with Crippen molar-refractivity contribution < 1.29 is 4.74 Å². The van der Waals surface area contributed by atoms with Crippen molar-refractivity contribution >= 4 is 0 Å². The molecular weight excluding hydrogens is 186 g/mol. The Kier molecular flexibility index (Phi) is 5.07. The highest BCUT2D eigenvalue weighted by atomic mass is 16.5. The van der Waals surface area contributed by atoms with Crippen molar-refractivity contribution in [2.24, 2.45) is 17.1 Å². The first-order valence-electron chi connectivity index (χ1n) is 6.30. The Bertz CT molecular complexity index is 169. The summed E-state index contributed by atoms with van der Waals surface area (Å²) in [5.74, 6) is 0.759. The average molecular weight is 213 g/mol. The van der Waals surface area contributed by atoms with E-state index in [1.165, 1.54) is 25.7 Å². The van der Waals surface area contributed by atoms with Crippen LogP contribution in [0.2, 0.25) is 0 Å². The van der Waals surface area contributed by atoms with Crippen molar-refractivity contribution in [3.8, 4) is 0 Å². The lowest BCUT2D eigenvalue weighted by atomic mass is 9.71. The summed E-state index contributed by atoms with van der Waals surface area (Å²) < 4.78 is 5.06. The van der Waals surface area contributed by atoms with Crippen LogP contribution in [-0.4, -0.2) is 19.8 Å². The lowest BCUT2D eigenvalue weighted by Crippen LogP contribution is -2.35. The van der Waals surface area contributed by atoms with Gasteiger partial charge in [0.25, 0.3) is 0 Å². The van der Waals surface area contributed by atoms with Gasteiger partial charge in [0.15, 0.2) is 0 Å². The van der Waals surface area contributed by atoms with E-state index in [1.807, 2.05) is 0 Å². The van der Waals surface area contributed by atoms with E-state index in [-0.39, 0.29) is 0 Å². The topological polar surface area (TPSA) is 35.2 Å². The average Bonchev–Trinajstić information content (AvgIpc) is 2.18. The SMILES string of the molecule is COCCCC(N)C1CCC(C)(C)CC1. The predicted octanol–water partition coefficient (Wildman–Crippen LogP) is 2.96. The molecule has 1 aliphatic carbocycles. The number of hydrogen-bond acceptors (Lipinski definition) is 2. The molecule has 0 heterocycles. The summed E-state index contributed by atoms with van der Waals surface area (Å²) in [7, 11) is 1.76. The summed E-state index contributed by atoms with van der Waals surface area (Å²) >= 11 is 0. The fourth-order valence-corrected chi connectivity index (χ4v) is 2.55. The van der Waals surface area contributed by atoms with Gasteiger partial charge < -0.3 is 10.5 Å². The van der Waals surface area contributed by atoms with E-state index in [1.54, 1.807) is 7.11 Å². The van der Waals surface area contributed by atoms with Crippen LogP contribution in [0.1, 0.15) is 52.4 Å². The first kappa shape index (κ1) is 13.0. The van der Waals surface area contributed by atoms with Gasteiger partial charge in [-0.05, 0) is 49.9 Å². The summed E-state index contributed by atoms with van der Waals surface area (Å²) in [5.41, 5.74) is 6.78. The van der Waals surface area contributed by atoms with Crippen molar-refractivity contribution in [2.45, 2.75) is 58.4 Å². The maximum absolute atomic E-state index is 6.22. The molecule has 0 aromatic carbocycles. The highest BCUT2D eigenvalue weighted by Gasteiger charge is 2.29. The zero-order valence-electron chi connectivity index (χ0n) is 10.6. The van der Waals surface area contributed by atoms with E-state index in [9.17, 15) is 0 Å². The number of nitrogens with two attached hydrogens (primary N) is 1. The quantitative estimate of drug-likeness (QED) is 0.713. The molecule has 0 bridgehead atoms. The fourth-order valence-electron chi connectivity index (χ4n) is 2.55. The van der Waals surface area contributed by atoms with Gasteiger partial charge in [-0.2, -0.15) is 0 Å². The molecule has 1 rings (SSSR count). The standard InChI is InChI=1S/C13H27NO/c1-13(2)8-6-11(7-9-13)12(14)5-4-10-15-3/h11-12H,4-10,14H2,1-3H3. The first-order valence-corrected chi connectivity index (χ1v) is 6.30. The second-order valence-corrected chi connectivity index (χ2v) is 5.80. The van der Waals surface area contributed by atoms with Crippen LogP contribution in [0.15, 0.2) is 0 Å². The van der Waals surface area contributed by atoms with Gasteiger partial charge in [0.05, 0.1) is 0 Å². The molecule has 0 saturated heterocycles. The molecule has 15 heavy (non-hydrogen) atoms. The van der Waals surface area contributed by atoms with Gasteiger partial charge in [0.2, 0.25) is 0 Å². The van der Waals surface area contributed by atoms with Crippen molar-refractivity contribution in [1.82, 2.24) is 0 Å². The zero-order valence-corrected chi connectivity index (χ0v) is 10.6. The van der Waals surface area contributed by atoms with E-state index >= 15 is 0 Å². The van der Waals surface area contributed by atoms with Gasteiger partial charge in [-0.15, -0.1) is 0 Å². The van der Waals surface area contributed by atoms with Crippen LogP contribution in [0.25, 0.3) is 0 Å². The molecule has 0 aromatic heterocycles. The molecule has 1 fully saturated rings.